The van der Waals surface area contributed by atoms with Gasteiger partial charge in [0.05, 0.1) is 6.61 Å². The number of hydrogen-bond donors (Lipinski definition) is 1. The molecule has 0 saturated heterocycles. The van der Waals surface area contributed by atoms with Crippen molar-refractivity contribution >= 4 is 11.9 Å². The Morgan fingerprint density at radius 3 is 2.25 bits per heavy atom. The van der Waals surface area contributed by atoms with Gasteiger partial charge in [-0.1, -0.05) is 48.5 Å². The molecule has 0 bridgehead atoms. The van der Waals surface area contributed by atoms with Gasteiger partial charge >= 0.3 is 5.97 Å². The molecule has 1 atom stereocenters. The monoisotopic (exact) mass is 325 g/mol. The number of carbonyl (C=O) groups is 2. The maximum Gasteiger partial charge on any atom is 0.302 e. The van der Waals surface area contributed by atoms with Crippen molar-refractivity contribution in [3.8, 4) is 0 Å². The molecule has 0 aromatic heterocycles. The average Bonchev–Trinajstić information content (AvgIpc) is 2.62. The predicted molar refractivity (Wildman–Crippen MR) is 93.8 cm³/mol. The number of hydrogen-bond acceptors (Lipinski definition) is 3. The van der Waals surface area contributed by atoms with E-state index in [0.29, 0.717) is 18.7 Å². The van der Waals surface area contributed by atoms with Gasteiger partial charge < -0.3 is 10.1 Å². The third-order valence-corrected chi connectivity index (χ3v) is 3.82. The van der Waals surface area contributed by atoms with Gasteiger partial charge in [-0.3, -0.25) is 9.59 Å². The molecular weight excluding hydrogens is 302 g/mol. The van der Waals surface area contributed by atoms with Crippen LogP contribution in [0.1, 0.15) is 41.6 Å². The standard InChI is InChI=1S/C20H23NO3/c1-16(22)24-14-8-13-19(17-9-4-2-5-10-17)15-21-20(23)18-11-6-3-7-12-18/h2-7,9-12,19H,8,13-15H2,1H3,(H,21,23). The van der Waals surface area contributed by atoms with Gasteiger partial charge in [0, 0.05) is 24.9 Å². The van der Waals surface area contributed by atoms with Crippen molar-refractivity contribution in [1.29, 1.82) is 0 Å². The van der Waals surface area contributed by atoms with Gasteiger partial charge in [0.15, 0.2) is 0 Å². The summed E-state index contributed by atoms with van der Waals surface area (Å²) in [5.74, 6) is -0.144. The number of esters is 1. The van der Waals surface area contributed by atoms with E-state index in [1.165, 1.54) is 12.5 Å². The van der Waals surface area contributed by atoms with Gasteiger partial charge in [0.1, 0.15) is 0 Å². The molecule has 0 spiro atoms. The van der Waals surface area contributed by atoms with Crippen LogP contribution in [0.3, 0.4) is 0 Å². The molecule has 2 aromatic rings. The smallest absolute Gasteiger partial charge is 0.302 e. The van der Waals surface area contributed by atoms with Gasteiger partial charge in [-0.25, -0.2) is 0 Å². The maximum atomic E-state index is 12.2. The third-order valence-electron chi connectivity index (χ3n) is 3.82. The molecule has 0 radical (unpaired) electrons. The summed E-state index contributed by atoms with van der Waals surface area (Å²) in [6.45, 7) is 2.37. The number of amides is 1. The Balaban J connectivity index is 1.93. The molecule has 1 N–H and O–H groups in total. The zero-order valence-corrected chi connectivity index (χ0v) is 13.9. The molecule has 2 rings (SSSR count). The van der Waals surface area contributed by atoms with Gasteiger partial charge in [-0.2, -0.15) is 0 Å². The second kappa shape index (κ2) is 9.50. The van der Waals surface area contributed by atoms with Crippen LogP contribution in [0.4, 0.5) is 0 Å². The van der Waals surface area contributed by atoms with Crippen molar-refractivity contribution in [2.75, 3.05) is 13.2 Å². The lowest BCUT2D eigenvalue weighted by Gasteiger charge is -2.18. The molecule has 0 saturated carbocycles. The summed E-state index contributed by atoms with van der Waals surface area (Å²) in [5, 5.41) is 3.00. The Morgan fingerprint density at radius 1 is 1.00 bits per heavy atom. The molecule has 4 nitrogen and oxygen atoms in total. The molecular formula is C20H23NO3. The first-order chi connectivity index (χ1) is 11.7. The molecule has 2 aromatic carbocycles. The van der Waals surface area contributed by atoms with Crippen molar-refractivity contribution in [2.24, 2.45) is 0 Å². The quantitative estimate of drug-likeness (QED) is 0.596. The highest BCUT2D eigenvalue weighted by atomic mass is 16.5. The molecule has 4 heteroatoms. The SMILES string of the molecule is CC(=O)OCCCC(CNC(=O)c1ccccc1)c1ccccc1. The molecule has 0 aliphatic heterocycles. The van der Waals surface area contributed by atoms with Crippen LogP contribution in [0.25, 0.3) is 0 Å². The Morgan fingerprint density at radius 2 is 1.62 bits per heavy atom. The minimum absolute atomic E-state index is 0.0727. The van der Waals surface area contributed by atoms with Crippen LogP contribution >= 0.6 is 0 Å². The fourth-order valence-electron chi connectivity index (χ4n) is 2.56. The summed E-state index contributed by atoms with van der Waals surface area (Å²) in [5.41, 5.74) is 1.83. The second-order valence-corrected chi connectivity index (χ2v) is 5.67. The van der Waals surface area contributed by atoms with Crippen LogP contribution in [0, 0.1) is 0 Å². The van der Waals surface area contributed by atoms with Crippen LogP contribution < -0.4 is 5.32 Å². The summed E-state index contributed by atoms with van der Waals surface area (Å²) >= 11 is 0. The minimum atomic E-state index is -0.261. The third kappa shape index (κ3) is 5.88. The van der Waals surface area contributed by atoms with Crippen LogP contribution in [0.5, 0.6) is 0 Å². The Bertz CT molecular complexity index is 640. The second-order valence-electron chi connectivity index (χ2n) is 5.67. The van der Waals surface area contributed by atoms with Crippen LogP contribution in [0.2, 0.25) is 0 Å². The summed E-state index contributed by atoms with van der Waals surface area (Å²) in [6, 6.07) is 19.3. The first-order valence-corrected chi connectivity index (χ1v) is 8.18. The van der Waals surface area contributed by atoms with E-state index in [-0.39, 0.29) is 17.8 Å². The van der Waals surface area contributed by atoms with Gasteiger partial charge in [0.2, 0.25) is 0 Å². The maximum absolute atomic E-state index is 12.2. The molecule has 1 amide bonds. The molecule has 126 valence electrons. The normalized spacial score (nSPS) is 11.5. The van der Waals surface area contributed by atoms with E-state index in [9.17, 15) is 9.59 Å². The number of nitrogens with one attached hydrogen (secondary N) is 1. The van der Waals surface area contributed by atoms with Gasteiger partial charge in [0.25, 0.3) is 5.91 Å². The Kier molecular flexibility index (Phi) is 7.02. The number of benzene rings is 2. The predicted octanol–water partition coefficient (Wildman–Crippen LogP) is 3.54. The molecule has 0 heterocycles. The van der Waals surface area contributed by atoms with Crippen molar-refractivity contribution < 1.29 is 14.3 Å². The lowest BCUT2D eigenvalue weighted by Crippen LogP contribution is -2.28. The van der Waals surface area contributed by atoms with Crippen LogP contribution in [-0.2, 0) is 9.53 Å². The van der Waals surface area contributed by atoms with Crippen LogP contribution in [0.15, 0.2) is 60.7 Å². The molecule has 0 fully saturated rings. The van der Waals surface area contributed by atoms with E-state index < -0.39 is 0 Å². The number of ether oxygens (including phenoxy) is 1. The van der Waals surface area contributed by atoms with Gasteiger partial charge in [-0.15, -0.1) is 0 Å². The van der Waals surface area contributed by atoms with Crippen molar-refractivity contribution in [2.45, 2.75) is 25.7 Å². The fourth-order valence-corrected chi connectivity index (χ4v) is 2.56. The molecule has 0 aliphatic rings. The highest BCUT2D eigenvalue weighted by Gasteiger charge is 2.13. The van der Waals surface area contributed by atoms with Crippen molar-refractivity contribution in [3.63, 3.8) is 0 Å². The molecule has 1 unspecified atom stereocenters. The lowest BCUT2D eigenvalue weighted by molar-refractivity contribution is -0.141. The summed E-state index contributed by atoms with van der Waals surface area (Å²) in [4.78, 5) is 23.1. The first-order valence-electron chi connectivity index (χ1n) is 8.18. The highest BCUT2D eigenvalue weighted by molar-refractivity contribution is 5.94. The van der Waals surface area contributed by atoms with E-state index in [0.717, 1.165) is 12.8 Å². The first kappa shape index (κ1) is 17.7. The number of carbonyl (C=O) groups excluding carboxylic acids is 2. The summed E-state index contributed by atoms with van der Waals surface area (Å²) < 4.78 is 5.00. The largest absolute Gasteiger partial charge is 0.466 e. The zero-order valence-electron chi connectivity index (χ0n) is 13.9. The van der Waals surface area contributed by atoms with E-state index in [2.05, 4.69) is 17.4 Å². The molecule has 0 aliphatic carbocycles. The van der Waals surface area contributed by atoms with E-state index >= 15 is 0 Å². The fraction of sp³-hybridized carbons (Fsp3) is 0.300. The summed E-state index contributed by atoms with van der Waals surface area (Å²) in [6.07, 6.45) is 1.60. The Labute approximate surface area is 142 Å². The Hall–Kier alpha value is -2.62. The van der Waals surface area contributed by atoms with Crippen molar-refractivity contribution in [3.05, 3.63) is 71.8 Å². The topological polar surface area (TPSA) is 55.4 Å². The average molecular weight is 325 g/mol. The number of rotatable bonds is 8. The van der Waals surface area contributed by atoms with E-state index in [1.54, 1.807) is 12.1 Å². The van der Waals surface area contributed by atoms with Crippen LogP contribution in [-0.4, -0.2) is 25.0 Å². The van der Waals surface area contributed by atoms with E-state index in [1.807, 2.05) is 36.4 Å². The van der Waals surface area contributed by atoms with E-state index in [4.69, 9.17) is 4.74 Å². The lowest BCUT2D eigenvalue weighted by atomic mass is 9.94. The summed E-state index contributed by atoms with van der Waals surface area (Å²) in [7, 11) is 0. The van der Waals surface area contributed by atoms with Gasteiger partial charge in [-0.05, 0) is 30.5 Å². The zero-order chi connectivity index (χ0) is 17.2. The highest BCUT2D eigenvalue weighted by Crippen LogP contribution is 2.20. The minimum Gasteiger partial charge on any atom is -0.466 e. The van der Waals surface area contributed by atoms with Crippen molar-refractivity contribution in [1.82, 2.24) is 5.32 Å². The molecule has 24 heavy (non-hydrogen) atoms.